The maximum Gasteiger partial charge on any atom is 0.269 e. The minimum Gasteiger partial charge on any atom is -0.497 e. The van der Waals surface area contributed by atoms with Crippen molar-refractivity contribution in [2.24, 2.45) is 5.92 Å². The van der Waals surface area contributed by atoms with Crippen LogP contribution < -0.4 is 19.4 Å². The number of carbonyl (C=O) groups is 2. The van der Waals surface area contributed by atoms with Crippen molar-refractivity contribution in [1.29, 1.82) is 0 Å². The lowest BCUT2D eigenvalue weighted by Crippen LogP contribution is -2.37. The van der Waals surface area contributed by atoms with Gasteiger partial charge >= 0.3 is 0 Å². The highest BCUT2D eigenvalue weighted by atomic mass is 35.5. The molecule has 3 atom stereocenters. The van der Waals surface area contributed by atoms with E-state index >= 15 is 0 Å². The molecule has 0 radical (unpaired) electrons. The monoisotopic (exact) mass is 509 g/mol. The van der Waals surface area contributed by atoms with Crippen molar-refractivity contribution < 1.29 is 28.8 Å². The number of imide groups is 1. The third-order valence-corrected chi connectivity index (χ3v) is 6.53. The number of carbonyl (C=O) groups excluding carboxylic acids is 2. The predicted molar refractivity (Wildman–Crippen MR) is 130 cm³/mol. The van der Waals surface area contributed by atoms with Crippen molar-refractivity contribution in [1.82, 2.24) is 0 Å². The lowest BCUT2D eigenvalue weighted by molar-refractivity contribution is -0.384. The number of nitrogens with zero attached hydrogens (tertiary/aromatic N) is 3. The van der Waals surface area contributed by atoms with Gasteiger partial charge in [-0.25, -0.2) is 9.96 Å². The molecule has 10 nitrogen and oxygen atoms in total. The maximum atomic E-state index is 13.7. The first-order valence-electron chi connectivity index (χ1n) is 10.9. The standard InChI is InChI=1S/C25H20ClN3O7/c1-34-18-11-12-19(20(13-18)35-2)22-21-23(36-28(22)16-5-3-14(26)4-6-16)25(31)27(24(21)30)15-7-9-17(10-8-15)29(32)33/h3-13,21-23H,1-2H3/t21-,22-,23-/m1/s1. The molecule has 11 heteroatoms. The molecule has 36 heavy (non-hydrogen) atoms. The van der Waals surface area contributed by atoms with Crippen molar-refractivity contribution in [3.8, 4) is 11.5 Å². The number of amides is 2. The number of methoxy groups -OCH3 is 2. The summed E-state index contributed by atoms with van der Waals surface area (Å²) in [4.78, 5) is 44.8. The zero-order chi connectivity index (χ0) is 25.6. The van der Waals surface area contributed by atoms with Gasteiger partial charge in [-0.2, -0.15) is 0 Å². The first kappa shape index (κ1) is 23.6. The molecule has 3 aromatic carbocycles. The van der Waals surface area contributed by atoms with Crippen LogP contribution in [0.2, 0.25) is 5.02 Å². The molecule has 5 rings (SSSR count). The predicted octanol–water partition coefficient (Wildman–Crippen LogP) is 4.32. The summed E-state index contributed by atoms with van der Waals surface area (Å²) in [6.07, 6.45) is -1.11. The molecule has 3 aromatic rings. The van der Waals surface area contributed by atoms with Gasteiger partial charge in [0.15, 0.2) is 6.10 Å². The molecule has 2 saturated heterocycles. The molecule has 2 aliphatic heterocycles. The molecule has 0 saturated carbocycles. The summed E-state index contributed by atoms with van der Waals surface area (Å²) in [6.45, 7) is 0. The van der Waals surface area contributed by atoms with Crippen LogP contribution in [0.5, 0.6) is 11.5 Å². The van der Waals surface area contributed by atoms with E-state index in [1.807, 2.05) is 0 Å². The Balaban J connectivity index is 1.59. The Morgan fingerprint density at radius 2 is 1.58 bits per heavy atom. The number of anilines is 2. The summed E-state index contributed by atoms with van der Waals surface area (Å²) >= 11 is 6.06. The highest BCUT2D eigenvalue weighted by Gasteiger charge is 2.60. The van der Waals surface area contributed by atoms with Gasteiger partial charge in [0.1, 0.15) is 17.4 Å². The van der Waals surface area contributed by atoms with Crippen molar-refractivity contribution in [3.63, 3.8) is 0 Å². The molecule has 0 N–H and O–H groups in total. The second-order valence-electron chi connectivity index (χ2n) is 8.19. The fraction of sp³-hybridized carbons (Fsp3) is 0.200. The second-order valence-corrected chi connectivity index (χ2v) is 8.63. The van der Waals surface area contributed by atoms with Gasteiger partial charge < -0.3 is 9.47 Å². The fourth-order valence-corrected chi connectivity index (χ4v) is 4.71. The number of hydrogen-bond donors (Lipinski definition) is 0. The zero-order valence-corrected chi connectivity index (χ0v) is 19.9. The first-order chi connectivity index (χ1) is 17.3. The van der Waals surface area contributed by atoms with Crippen LogP contribution in [0.25, 0.3) is 0 Å². The zero-order valence-electron chi connectivity index (χ0n) is 19.2. The molecule has 2 heterocycles. The molecule has 0 spiro atoms. The van der Waals surface area contributed by atoms with E-state index in [0.717, 1.165) is 4.90 Å². The molecule has 0 aliphatic carbocycles. The van der Waals surface area contributed by atoms with Crippen molar-refractivity contribution in [2.75, 3.05) is 24.2 Å². The summed E-state index contributed by atoms with van der Waals surface area (Å²) in [5.41, 5.74) is 1.29. The van der Waals surface area contributed by atoms with Crippen LogP contribution in [0, 0.1) is 16.0 Å². The van der Waals surface area contributed by atoms with E-state index < -0.39 is 34.8 Å². The summed E-state index contributed by atoms with van der Waals surface area (Å²) in [6, 6.07) is 16.5. The summed E-state index contributed by atoms with van der Waals surface area (Å²) in [5, 5.41) is 13.1. The number of non-ortho nitro benzene ring substituents is 1. The summed E-state index contributed by atoms with van der Waals surface area (Å²) < 4.78 is 10.9. The molecular formula is C25H20ClN3O7. The first-order valence-corrected chi connectivity index (χ1v) is 11.3. The number of benzene rings is 3. The van der Waals surface area contributed by atoms with Crippen LogP contribution in [-0.4, -0.2) is 37.1 Å². The van der Waals surface area contributed by atoms with Gasteiger partial charge in [-0.1, -0.05) is 11.6 Å². The van der Waals surface area contributed by atoms with E-state index in [0.29, 0.717) is 27.8 Å². The Hall–Kier alpha value is -4.15. The van der Waals surface area contributed by atoms with E-state index in [1.165, 1.54) is 43.5 Å². The number of hydroxylamine groups is 1. The Kier molecular flexibility index (Phi) is 5.99. The number of fused-ring (bicyclic) bond motifs is 1. The van der Waals surface area contributed by atoms with Gasteiger partial charge in [0.25, 0.3) is 11.6 Å². The van der Waals surface area contributed by atoms with Gasteiger partial charge in [-0.05, 0) is 48.5 Å². The van der Waals surface area contributed by atoms with E-state index in [9.17, 15) is 19.7 Å². The number of rotatable bonds is 6. The summed E-state index contributed by atoms with van der Waals surface area (Å²) in [5.74, 6) is -0.946. The van der Waals surface area contributed by atoms with Crippen LogP contribution in [0.3, 0.4) is 0 Å². The normalized spacial score (nSPS) is 21.0. The highest BCUT2D eigenvalue weighted by Crippen LogP contribution is 2.50. The minimum absolute atomic E-state index is 0.149. The third-order valence-electron chi connectivity index (χ3n) is 6.27. The summed E-state index contributed by atoms with van der Waals surface area (Å²) in [7, 11) is 3.04. The largest absolute Gasteiger partial charge is 0.497 e. The number of nitro benzene ring substituents is 1. The van der Waals surface area contributed by atoms with Gasteiger partial charge in [-0.15, -0.1) is 0 Å². The van der Waals surface area contributed by atoms with E-state index in [1.54, 1.807) is 42.5 Å². The second kappa shape index (κ2) is 9.14. The Bertz CT molecular complexity index is 1350. The van der Waals surface area contributed by atoms with E-state index in [4.69, 9.17) is 25.9 Å². The quantitative estimate of drug-likeness (QED) is 0.274. The van der Waals surface area contributed by atoms with Crippen LogP contribution in [-0.2, 0) is 14.4 Å². The van der Waals surface area contributed by atoms with Crippen LogP contribution in [0.15, 0.2) is 66.7 Å². The third kappa shape index (κ3) is 3.80. The Labute approximate surface area is 210 Å². The number of halogens is 1. The van der Waals surface area contributed by atoms with Crippen LogP contribution in [0.4, 0.5) is 17.1 Å². The Morgan fingerprint density at radius 1 is 0.917 bits per heavy atom. The lowest BCUT2D eigenvalue weighted by atomic mass is 9.90. The molecule has 2 amide bonds. The molecule has 0 aromatic heterocycles. The number of nitro groups is 1. The van der Waals surface area contributed by atoms with Crippen molar-refractivity contribution in [3.05, 3.63) is 87.4 Å². The Morgan fingerprint density at radius 3 is 2.19 bits per heavy atom. The van der Waals surface area contributed by atoms with Crippen molar-refractivity contribution in [2.45, 2.75) is 12.1 Å². The van der Waals surface area contributed by atoms with Crippen LogP contribution in [0.1, 0.15) is 11.6 Å². The van der Waals surface area contributed by atoms with E-state index in [2.05, 4.69) is 0 Å². The topological polar surface area (TPSA) is 111 Å². The molecule has 2 fully saturated rings. The molecule has 184 valence electrons. The van der Waals surface area contributed by atoms with Gasteiger partial charge in [0, 0.05) is 28.8 Å². The molecule has 2 aliphatic rings. The average Bonchev–Trinajstić information content (AvgIpc) is 3.39. The molecule has 0 unspecified atom stereocenters. The van der Waals surface area contributed by atoms with Gasteiger partial charge in [0.2, 0.25) is 5.91 Å². The minimum atomic E-state index is -1.11. The highest BCUT2D eigenvalue weighted by molar-refractivity contribution is 6.30. The fourth-order valence-electron chi connectivity index (χ4n) is 4.58. The van der Waals surface area contributed by atoms with Gasteiger partial charge in [0.05, 0.1) is 36.6 Å². The SMILES string of the molecule is COc1ccc([C@@H]2[C@H]3C(=O)N(c4ccc([N+](=O)[O-])cc4)C(=O)[C@@H]3ON2c2ccc(Cl)cc2)c(OC)c1. The van der Waals surface area contributed by atoms with Crippen molar-refractivity contribution >= 4 is 40.5 Å². The average molecular weight is 510 g/mol. The van der Waals surface area contributed by atoms with Crippen LogP contribution >= 0.6 is 11.6 Å². The molecule has 0 bridgehead atoms. The number of ether oxygens (including phenoxy) is 2. The lowest BCUT2D eigenvalue weighted by Gasteiger charge is -2.29. The smallest absolute Gasteiger partial charge is 0.269 e. The van der Waals surface area contributed by atoms with E-state index in [-0.39, 0.29) is 11.4 Å². The maximum absolute atomic E-state index is 13.7. The van der Waals surface area contributed by atoms with Gasteiger partial charge in [-0.3, -0.25) is 24.5 Å². The number of hydrogen-bond acceptors (Lipinski definition) is 8. The molecular weight excluding hydrogens is 490 g/mol.